The first-order chi connectivity index (χ1) is 11.0. The number of aliphatic imine (C=N–C) groups is 1. The summed E-state index contributed by atoms with van der Waals surface area (Å²) in [6.07, 6.45) is 5.67. The number of aryl methyl sites for hydroxylation is 2. The van der Waals surface area contributed by atoms with E-state index >= 15 is 0 Å². The maximum atomic E-state index is 6.12. The second-order valence-corrected chi connectivity index (χ2v) is 6.75. The van der Waals surface area contributed by atoms with E-state index in [-0.39, 0.29) is 35.9 Å². The fourth-order valence-corrected chi connectivity index (χ4v) is 3.49. The standard InChI is InChI=1S/C18H27N3O2.HI/c1-13-8-14(2)10-15(9-13)21-17(19)20-11-16-12-22-18(23-16)6-4-3-5-7-18;/h8-10,16H,3-7,11-12H2,1-2H3,(H3,19,20,21);1H. The van der Waals surface area contributed by atoms with Crippen LogP contribution in [0, 0.1) is 13.8 Å². The molecule has 2 fully saturated rings. The quantitative estimate of drug-likeness (QED) is 0.423. The highest BCUT2D eigenvalue weighted by atomic mass is 127. The van der Waals surface area contributed by atoms with Crippen molar-refractivity contribution in [2.75, 3.05) is 18.5 Å². The lowest BCUT2D eigenvalue weighted by Gasteiger charge is -2.31. The van der Waals surface area contributed by atoms with E-state index in [1.165, 1.54) is 30.4 Å². The molecule has 1 unspecified atom stereocenters. The summed E-state index contributed by atoms with van der Waals surface area (Å²) in [6.45, 7) is 5.28. The molecule has 1 saturated carbocycles. The van der Waals surface area contributed by atoms with Gasteiger partial charge in [0.05, 0.1) is 13.2 Å². The average molecular weight is 445 g/mol. The van der Waals surface area contributed by atoms with Gasteiger partial charge in [-0.3, -0.25) is 4.99 Å². The van der Waals surface area contributed by atoms with Gasteiger partial charge >= 0.3 is 0 Å². The average Bonchev–Trinajstić information content (AvgIpc) is 2.87. The lowest BCUT2D eigenvalue weighted by molar-refractivity contribution is -0.186. The SMILES string of the molecule is Cc1cc(C)cc(NC(N)=NCC2COC3(CCCCC3)O2)c1.I. The van der Waals surface area contributed by atoms with Gasteiger partial charge in [0.1, 0.15) is 6.10 Å². The highest BCUT2D eigenvalue weighted by Crippen LogP contribution is 2.37. The molecular weight excluding hydrogens is 417 g/mol. The van der Waals surface area contributed by atoms with E-state index in [2.05, 4.69) is 42.4 Å². The van der Waals surface area contributed by atoms with Crippen LogP contribution in [-0.2, 0) is 9.47 Å². The van der Waals surface area contributed by atoms with Gasteiger partial charge in [0, 0.05) is 18.5 Å². The molecule has 3 N–H and O–H groups in total. The van der Waals surface area contributed by atoms with Gasteiger partial charge in [0.2, 0.25) is 0 Å². The number of benzene rings is 1. The van der Waals surface area contributed by atoms with Gasteiger partial charge < -0.3 is 20.5 Å². The van der Waals surface area contributed by atoms with Gasteiger partial charge in [-0.25, -0.2) is 0 Å². The van der Waals surface area contributed by atoms with Gasteiger partial charge in [-0.1, -0.05) is 12.5 Å². The van der Waals surface area contributed by atoms with Crippen LogP contribution in [0.15, 0.2) is 23.2 Å². The topological polar surface area (TPSA) is 68.9 Å². The molecule has 1 atom stereocenters. The Kier molecular flexibility index (Phi) is 6.88. The first-order valence-electron chi connectivity index (χ1n) is 8.52. The third-order valence-corrected chi connectivity index (χ3v) is 4.49. The van der Waals surface area contributed by atoms with Crippen molar-refractivity contribution in [3.63, 3.8) is 0 Å². The molecule has 3 rings (SSSR count). The van der Waals surface area contributed by atoms with Crippen molar-refractivity contribution in [1.29, 1.82) is 0 Å². The number of nitrogens with zero attached hydrogens (tertiary/aromatic N) is 1. The second-order valence-electron chi connectivity index (χ2n) is 6.75. The van der Waals surface area contributed by atoms with Crippen molar-refractivity contribution in [3.8, 4) is 0 Å². The third-order valence-electron chi connectivity index (χ3n) is 4.49. The number of rotatable bonds is 3. The zero-order chi connectivity index (χ0) is 16.3. The molecule has 0 aromatic heterocycles. The van der Waals surface area contributed by atoms with Gasteiger partial charge in [0.15, 0.2) is 11.7 Å². The number of hydrogen-bond acceptors (Lipinski definition) is 3. The van der Waals surface area contributed by atoms with E-state index in [0.717, 1.165) is 18.5 Å². The summed E-state index contributed by atoms with van der Waals surface area (Å²) < 4.78 is 12.0. The van der Waals surface area contributed by atoms with Crippen LogP contribution in [0.4, 0.5) is 5.69 Å². The Morgan fingerprint density at radius 1 is 1.21 bits per heavy atom. The van der Waals surface area contributed by atoms with Gasteiger partial charge in [-0.15, -0.1) is 24.0 Å². The van der Waals surface area contributed by atoms with Crippen molar-refractivity contribution in [1.82, 2.24) is 0 Å². The van der Waals surface area contributed by atoms with Crippen molar-refractivity contribution >= 4 is 35.6 Å². The summed E-state index contributed by atoms with van der Waals surface area (Å²) in [7, 11) is 0. The first-order valence-corrected chi connectivity index (χ1v) is 8.52. The minimum absolute atomic E-state index is 0. The molecule has 5 nitrogen and oxygen atoms in total. The molecule has 1 aromatic rings. The third kappa shape index (κ3) is 5.07. The molecule has 1 saturated heterocycles. The highest BCUT2D eigenvalue weighted by Gasteiger charge is 2.41. The number of nitrogens with one attached hydrogen (secondary N) is 1. The molecule has 6 heteroatoms. The predicted octanol–water partition coefficient (Wildman–Crippen LogP) is 3.72. The monoisotopic (exact) mass is 445 g/mol. The molecule has 1 aromatic carbocycles. The summed E-state index contributed by atoms with van der Waals surface area (Å²) >= 11 is 0. The summed E-state index contributed by atoms with van der Waals surface area (Å²) in [5, 5.41) is 3.15. The van der Waals surface area contributed by atoms with Gasteiger partial charge in [0.25, 0.3) is 0 Å². The number of ether oxygens (including phenoxy) is 2. The second kappa shape index (κ2) is 8.49. The Hall–Kier alpha value is -0.860. The Morgan fingerprint density at radius 3 is 2.54 bits per heavy atom. The summed E-state index contributed by atoms with van der Waals surface area (Å²) in [5.41, 5.74) is 9.37. The lowest BCUT2D eigenvalue weighted by Crippen LogP contribution is -2.34. The molecule has 0 amide bonds. The Balaban J connectivity index is 0.00000208. The molecule has 2 aliphatic rings. The number of halogens is 1. The van der Waals surface area contributed by atoms with Crippen LogP contribution in [0.25, 0.3) is 0 Å². The number of hydrogen-bond donors (Lipinski definition) is 2. The lowest BCUT2D eigenvalue weighted by atomic mass is 9.94. The maximum absolute atomic E-state index is 6.12. The van der Waals surface area contributed by atoms with E-state index in [4.69, 9.17) is 15.2 Å². The predicted molar refractivity (Wildman–Crippen MR) is 108 cm³/mol. The van der Waals surface area contributed by atoms with Gasteiger partial charge in [-0.05, 0) is 49.9 Å². The minimum atomic E-state index is -0.339. The van der Waals surface area contributed by atoms with E-state index in [1.54, 1.807) is 0 Å². The Labute approximate surface area is 161 Å². The van der Waals surface area contributed by atoms with Gasteiger partial charge in [-0.2, -0.15) is 0 Å². The molecular formula is C18H28IN3O2. The van der Waals surface area contributed by atoms with Crippen LogP contribution in [-0.4, -0.2) is 31.0 Å². The van der Waals surface area contributed by atoms with E-state index in [1.807, 2.05) is 0 Å². The largest absolute Gasteiger partial charge is 0.370 e. The summed E-state index contributed by atoms with van der Waals surface area (Å²) in [4.78, 5) is 4.42. The number of anilines is 1. The van der Waals surface area contributed by atoms with Crippen molar-refractivity contribution in [3.05, 3.63) is 29.3 Å². The molecule has 1 aliphatic carbocycles. The molecule has 0 bridgehead atoms. The Morgan fingerprint density at radius 2 is 1.88 bits per heavy atom. The van der Waals surface area contributed by atoms with Crippen LogP contribution < -0.4 is 11.1 Å². The van der Waals surface area contributed by atoms with E-state index in [9.17, 15) is 0 Å². The molecule has 0 radical (unpaired) electrons. The first kappa shape index (κ1) is 19.5. The van der Waals surface area contributed by atoms with Crippen LogP contribution in [0.2, 0.25) is 0 Å². The molecule has 1 aliphatic heterocycles. The molecule has 134 valence electrons. The number of guanidine groups is 1. The van der Waals surface area contributed by atoms with Crippen molar-refractivity contribution in [2.24, 2.45) is 10.7 Å². The normalized spacial score (nSPS) is 23.1. The maximum Gasteiger partial charge on any atom is 0.193 e. The van der Waals surface area contributed by atoms with Crippen LogP contribution in [0.1, 0.15) is 43.2 Å². The fourth-order valence-electron chi connectivity index (χ4n) is 3.49. The van der Waals surface area contributed by atoms with Crippen LogP contribution in [0.5, 0.6) is 0 Å². The van der Waals surface area contributed by atoms with Crippen LogP contribution in [0.3, 0.4) is 0 Å². The fraction of sp³-hybridized carbons (Fsp3) is 0.611. The van der Waals surface area contributed by atoms with E-state index in [0.29, 0.717) is 19.1 Å². The summed E-state index contributed by atoms with van der Waals surface area (Å²) in [5.74, 6) is 0.0806. The Bertz CT molecular complexity index is 565. The van der Waals surface area contributed by atoms with Crippen molar-refractivity contribution < 1.29 is 9.47 Å². The summed E-state index contributed by atoms with van der Waals surface area (Å²) in [6, 6.07) is 6.25. The molecule has 1 spiro atoms. The van der Waals surface area contributed by atoms with E-state index < -0.39 is 0 Å². The number of nitrogens with two attached hydrogens (primary N) is 1. The zero-order valence-corrected chi connectivity index (χ0v) is 16.8. The highest BCUT2D eigenvalue weighted by molar-refractivity contribution is 14.0. The molecule has 24 heavy (non-hydrogen) atoms. The molecule has 1 heterocycles. The van der Waals surface area contributed by atoms with Crippen molar-refractivity contribution in [2.45, 2.75) is 57.8 Å². The minimum Gasteiger partial charge on any atom is -0.370 e. The smallest absolute Gasteiger partial charge is 0.193 e. The zero-order valence-electron chi connectivity index (χ0n) is 14.5. The van der Waals surface area contributed by atoms with Crippen LogP contribution >= 0.6 is 24.0 Å².